The van der Waals surface area contributed by atoms with E-state index in [4.69, 9.17) is 0 Å². The monoisotopic (exact) mass is 175 g/mol. The number of likely N-dealkylation sites (N-methyl/N-ethyl adjacent to an activating group) is 1. The third-order valence-electron chi connectivity index (χ3n) is 2.80. The van der Waals surface area contributed by atoms with Crippen LogP contribution in [0.1, 0.15) is 22.8 Å². The summed E-state index contributed by atoms with van der Waals surface area (Å²) in [6, 6.07) is 6.46. The molecule has 0 aliphatic carbocycles. The van der Waals surface area contributed by atoms with Gasteiger partial charge in [-0.2, -0.15) is 0 Å². The van der Waals surface area contributed by atoms with Gasteiger partial charge in [-0.15, -0.1) is 0 Å². The summed E-state index contributed by atoms with van der Waals surface area (Å²) >= 11 is 0. The van der Waals surface area contributed by atoms with Crippen molar-refractivity contribution in [1.29, 1.82) is 0 Å². The maximum absolute atomic E-state index is 10.6. The number of anilines is 1. The van der Waals surface area contributed by atoms with Gasteiger partial charge >= 0.3 is 0 Å². The third kappa shape index (κ3) is 1.22. The van der Waals surface area contributed by atoms with Crippen LogP contribution in [0.3, 0.4) is 0 Å². The van der Waals surface area contributed by atoms with Gasteiger partial charge in [-0.1, -0.05) is 12.1 Å². The molecule has 0 fully saturated rings. The van der Waals surface area contributed by atoms with Crippen LogP contribution in [0, 0.1) is 0 Å². The van der Waals surface area contributed by atoms with Crippen LogP contribution in [0.5, 0.6) is 0 Å². The first-order chi connectivity index (χ1) is 6.22. The van der Waals surface area contributed by atoms with Crippen molar-refractivity contribution in [2.75, 3.05) is 11.9 Å². The van der Waals surface area contributed by atoms with Crippen molar-refractivity contribution in [1.82, 2.24) is 0 Å². The highest BCUT2D eigenvalue weighted by Crippen LogP contribution is 2.30. The maximum atomic E-state index is 10.6. The first-order valence-electron chi connectivity index (χ1n) is 4.53. The van der Waals surface area contributed by atoms with Gasteiger partial charge in [0.2, 0.25) is 0 Å². The van der Waals surface area contributed by atoms with E-state index in [2.05, 4.69) is 24.9 Å². The van der Waals surface area contributed by atoms with Crippen LogP contribution in [0.15, 0.2) is 18.2 Å². The highest BCUT2D eigenvalue weighted by Gasteiger charge is 2.22. The van der Waals surface area contributed by atoms with Gasteiger partial charge in [0.1, 0.15) is 6.29 Å². The Morgan fingerprint density at radius 1 is 1.54 bits per heavy atom. The number of fused-ring (bicyclic) bond motifs is 1. The lowest BCUT2D eigenvalue weighted by molar-refractivity contribution is 0.112. The van der Waals surface area contributed by atoms with Crippen molar-refractivity contribution in [2.45, 2.75) is 19.4 Å². The average molecular weight is 175 g/mol. The molecule has 1 aliphatic rings. The van der Waals surface area contributed by atoms with Gasteiger partial charge < -0.3 is 4.90 Å². The van der Waals surface area contributed by atoms with Crippen LogP contribution in [0.25, 0.3) is 0 Å². The molecule has 2 nitrogen and oxygen atoms in total. The number of rotatable bonds is 1. The van der Waals surface area contributed by atoms with Crippen LogP contribution < -0.4 is 4.90 Å². The van der Waals surface area contributed by atoms with Crippen molar-refractivity contribution >= 4 is 12.0 Å². The quantitative estimate of drug-likeness (QED) is 0.607. The molecule has 1 atom stereocenters. The molecule has 0 spiro atoms. The minimum Gasteiger partial charge on any atom is -0.371 e. The van der Waals surface area contributed by atoms with E-state index in [9.17, 15) is 4.79 Å². The van der Waals surface area contributed by atoms with Gasteiger partial charge in [0.15, 0.2) is 0 Å². The lowest BCUT2D eigenvalue weighted by atomic mass is 10.1. The summed E-state index contributed by atoms with van der Waals surface area (Å²) in [5, 5.41) is 0. The number of aldehydes is 1. The van der Waals surface area contributed by atoms with E-state index in [1.54, 1.807) is 0 Å². The molecule has 2 rings (SSSR count). The van der Waals surface area contributed by atoms with E-state index in [0.29, 0.717) is 6.04 Å². The summed E-state index contributed by atoms with van der Waals surface area (Å²) in [5.74, 6) is 0. The summed E-state index contributed by atoms with van der Waals surface area (Å²) < 4.78 is 0. The molecule has 0 radical (unpaired) electrons. The van der Waals surface area contributed by atoms with E-state index in [-0.39, 0.29) is 0 Å². The van der Waals surface area contributed by atoms with Crippen LogP contribution in [0.2, 0.25) is 0 Å². The fourth-order valence-corrected chi connectivity index (χ4v) is 1.85. The molecule has 1 heterocycles. The molecule has 1 aromatic carbocycles. The molecule has 0 saturated carbocycles. The molecule has 0 amide bonds. The maximum Gasteiger partial charge on any atom is 0.150 e. The van der Waals surface area contributed by atoms with Crippen LogP contribution in [-0.2, 0) is 6.42 Å². The SMILES string of the molecule is CC1Cc2ccc(C=O)cc2N1C. The Bertz CT molecular complexity index is 346. The van der Waals surface area contributed by atoms with Gasteiger partial charge in [0, 0.05) is 24.3 Å². The number of hydrogen-bond acceptors (Lipinski definition) is 2. The van der Waals surface area contributed by atoms with E-state index in [1.165, 1.54) is 11.3 Å². The van der Waals surface area contributed by atoms with E-state index < -0.39 is 0 Å². The number of nitrogens with zero attached hydrogens (tertiary/aromatic N) is 1. The smallest absolute Gasteiger partial charge is 0.150 e. The van der Waals surface area contributed by atoms with Crippen LogP contribution in [-0.4, -0.2) is 19.4 Å². The first kappa shape index (κ1) is 8.30. The minimum absolute atomic E-state index is 0.553. The zero-order valence-corrected chi connectivity index (χ0v) is 7.95. The second-order valence-corrected chi connectivity index (χ2v) is 3.67. The van der Waals surface area contributed by atoms with E-state index in [1.807, 2.05) is 12.1 Å². The molecule has 1 aromatic rings. The molecule has 2 heteroatoms. The van der Waals surface area contributed by atoms with Crippen molar-refractivity contribution in [3.05, 3.63) is 29.3 Å². The zero-order chi connectivity index (χ0) is 9.42. The van der Waals surface area contributed by atoms with Crippen LogP contribution >= 0.6 is 0 Å². The Labute approximate surface area is 78.2 Å². The Balaban J connectivity index is 2.47. The first-order valence-corrected chi connectivity index (χ1v) is 4.53. The highest BCUT2D eigenvalue weighted by molar-refractivity contribution is 5.78. The molecule has 0 aromatic heterocycles. The van der Waals surface area contributed by atoms with Gasteiger partial charge in [-0.25, -0.2) is 0 Å². The van der Waals surface area contributed by atoms with Gasteiger partial charge in [-0.3, -0.25) is 4.79 Å². The summed E-state index contributed by atoms with van der Waals surface area (Å²) in [6.07, 6.45) is 1.99. The number of carbonyl (C=O) groups is 1. The van der Waals surface area contributed by atoms with E-state index in [0.717, 1.165) is 18.3 Å². The second-order valence-electron chi connectivity index (χ2n) is 3.67. The Morgan fingerprint density at radius 3 is 3.00 bits per heavy atom. The fraction of sp³-hybridized carbons (Fsp3) is 0.364. The number of hydrogen-bond donors (Lipinski definition) is 0. The molecular weight excluding hydrogens is 162 g/mol. The Kier molecular flexibility index (Phi) is 1.83. The predicted octanol–water partition coefficient (Wildman–Crippen LogP) is 1.88. The normalized spacial score (nSPS) is 20.2. The topological polar surface area (TPSA) is 20.3 Å². The zero-order valence-electron chi connectivity index (χ0n) is 7.95. The van der Waals surface area contributed by atoms with Crippen molar-refractivity contribution in [3.63, 3.8) is 0 Å². The molecule has 68 valence electrons. The number of carbonyl (C=O) groups excluding carboxylic acids is 1. The lowest BCUT2D eigenvalue weighted by Gasteiger charge is -2.18. The van der Waals surface area contributed by atoms with Gasteiger partial charge in [0.25, 0.3) is 0 Å². The third-order valence-corrected chi connectivity index (χ3v) is 2.80. The molecule has 0 saturated heterocycles. The van der Waals surface area contributed by atoms with Crippen molar-refractivity contribution in [2.24, 2.45) is 0 Å². The van der Waals surface area contributed by atoms with E-state index >= 15 is 0 Å². The van der Waals surface area contributed by atoms with Gasteiger partial charge in [-0.05, 0) is 25.0 Å². The average Bonchev–Trinajstić information content (AvgIpc) is 2.43. The van der Waals surface area contributed by atoms with Crippen LogP contribution in [0.4, 0.5) is 5.69 Å². The molecule has 1 aliphatic heterocycles. The molecule has 0 bridgehead atoms. The molecule has 13 heavy (non-hydrogen) atoms. The Morgan fingerprint density at radius 2 is 2.31 bits per heavy atom. The summed E-state index contributed by atoms with van der Waals surface area (Å²) in [5.41, 5.74) is 3.32. The fourth-order valence-electron chi connectivity index (χ4n) is 1.85. The minimum atomic E-state index is 0.553. The largest absolute Gasteiger partial charge is 0.371 e. The number of benzene rings is 1. The summed E-state index contributed by atoms with van der Waals surface area (Å²) in [4.78, 5) is 12.8. The van der Waals surface area contributed by atoms with Crippen molar-refractivity contribution < 1.29 is 4.79 Å². The molecule has 1 unspecified atom stereocenters. The lowest BCUT2D eigenvalue weighted by Crippen LogP contribution is -2.23. The standard InChI is InChI=1S/C11H13NO/c1-8-5-10-4-3-9(7-13)6-11(10)12(8)2/h3-4,6-8H,5H2,1-2H3. The second kappa shape index (κ2) is 2.87. The molecular formula is C11H13NO. The van der Waals surface area contributed by atoms with Gasteiger partial charge in [0.05, 0.1) is 0 Å². The summed E-state index contributed by atoms with van der Waals surface area (Å²) in [7, 11) is 2.07. The molecule has 0 N–H and O–H groups in total. The summed E-state index contributed by atoms with van der Waals surface area (Å²) in [6.45, 7) is 2.20. The highest BCUT2D eigenvalue weighted by atomic mass is 16.1. The Hall–Kier alpha value is -1.31. The predicted molar refractivity (Wildman–Crippen MR) is 53.4 cm³/mol. The van der Waals surface area contributed by atoms with Crippen molar-refractivity contribution in [3.8, 4) is 0 Å².